The van der Waals surface area contributed by atoms with E-state index in [1.54, 1.807) is 0 Å². The number of ether oxygens (including phenoxy) is 2. The molecule has 1 saturated heterocycles. The van der Waals surface area contributed by atoms with Gasteiger partial charge in [-0.2, -0.15) is 0 Å². The van der Waals surface area contributed by atoms with E-state index in [2.05, 4.69) is 23.1 Å². The summed E-state index contributed by atoms with van der Waals surface area (Å²) in [5.74, 6) is 0.631. The molecule has 4 heteroatoms. The summed E-state index contributed by atoms with van der Waals surface area (Å²) in [6.07, 6.45) is 0. The van der Waals surface area contributed by atoms with Crippen LogP contribution in [0.4, 0.5) is 0 Å². The van der Waals surface area contributed by atoms with Crippen LogP contribution in [0.3, 0.4) is 0 Å². The summed E-state index contributed by atoms with van der Waals surface area (Å²) in [7, 11) is 1.47. The number of esters is 1. The highest BCUT2D eigenvalue weighted by Gasteiger charge is 2.40. The monoisotopic (exact) mass is 339 g/mol. The minimum absolute atomic E-state index is 0.0823. The molecule has 2 aromatic rings. The Balaban J connectivity index is 1.84. The zero-order valence-electron chi connectivity index (χ0n) is 14.9. The molecule has 2 atom stereocenters. The van der Waals surface area contributed by atoms with Crippen LogP contribution in [0, 0.1) is 5.92 Å². The molecule has 1 aliphatic heterocycles. The van der Waals surface area contributed by atoms with E-state index in [0.717, 1.165) is 24.4 Å². The third-order valence-corrected chi connectivity index (χ3v) is 4.77. The van der Waals surface area contributed by atoms with Gasteiger partial charge in [-0.05, 0) is 24.1 Å². The van der Waals surface area contributed by atoms with Crippen molar-refractivity contribution in [3.05, 3.63) is 65.7 Å². The van der Waals surface area contributed by atoms with E-state index in [1.165, 1.54) is 12.7 Å². The van der Waals surface area contributed by atoms with E-state index in [4.69, 9.17) is 9.47 Å². The van der Waals surface area contributed by atoms with Gasteiger partial charge in [0.1, 0.15) is 5.75 Å². The summed E-state index contributed by atoms with van der Waals surface area (Å²) >= 11 is 0. The van der Waals surface area contributed by atoms with Gasteiger partial charge in [-0.15, -0.1) is 0 Å². The molecule has 0 amide bonds. The maximum Gasteiger partial charge on any atom is 0.310 e. The van der Waals surface area contributed by atoms with Crippen LogP contribution >= 0.6 is 0 Å². The maximum atomic E-state index is 12.4. The molecule has 4 nitrogen and oxygen atoms in total. The van der Waals surface area contributed by atoms with Crippen molar-refractivity contribution in [3.8, 4) is 5.75 Å². The molecule has 25 heavy (non-hydrogen) atoms. The average molecular weight is 339 g/mol. The largest absolute Gasteiger partial charge is 0.494 e. The van der Waals surface area contributed by atoms with Crippen LogP contribution in [0.1, 0.15) is 24.0 Å². The molecule has 0 N–H and O–H groups in total. The lowest BCUT2D eigenvalue weighted by molar-refractivity contribution is -0.145. The summed E-state index contributed by atoms with van der Waals surface area (Å²) in [5.41, 5.74) is 2.35. The van der Waals surface area contributed by atoms with Gasteiger partial charge in [0.2, 0.25) is 0 Å². The molecule has 0 bridgehead atoms. The lowest BCUT2D eigenvalue weighted by Gasteiger charge is -2.20. The second kappa shape index (κ2) is 8.17. The summed E-state index contributed by atoms with van der Waals surface area (Å²) in [4.78, 5) is 14.7. The van der Waals surface area contributed by atoms with Crippen LogP contribution in [0.25, 0.3) is 0 Å². The maximum absolute atomic E-state index is 12.4. The Hall–Kier alpha value is -2.33. The van der Waals surface area contributed by atoms with Crippen LogP contribution in [0.5, 0.6) is 5.75 Å². The minimum Gasteiger partial charge on any atom is -0.494 e. The van der Waals surface area contributed by atoms with E-state index >= 15 is 0 Å². The highest BCUT2D eigenvalue weighted by molar-refractivity contribution is 5.74. The first-order chi connectivity index (χ1) is 12.2. The van der Waals surface area contributed by atoms with Crippen LogP contribution in [0.2, 0.25) is 0 Å². The molecular formula is C21H25NO3. The van der Waals surface area contributed by atoms with Crippen molar-refractivity contribution in [2.24, 2.45) is 5.92 Å². The zero-order chi connectivity index (χ0) is 17.6. The second-order valence-electron chi connectivity index (χ2n) is 6.39. The molecule has 0 aliphatic carbocycles. The van der Waals surface area contributed by atoms with Crippen LogP contribution < -0.4 is 4.74 Å². The number of carbonyl (C=O) groups is 1. The van der Waals surface area contributed by atoms with Gasteiger partial charge in [0.15, 0.2) is 0 Å². The molecule has 132 valence electrons. The normalized spacial score (nSPS) is 20.4. The molecule has 1 fully saturated rings. The number of likely N-dealkylation sites (tertiary alicyclic amines) is 1. The van der Waals surface area contributed by atoms with E-state index < -0.39 is 0 Å². The summed E-state index contributed by atoms with van der Waals surface area (Å²) in [6, 6.07) is 18.4. The molecule has 0 aromatic heterocycles. The Morgan fingerprint density at radius 1 is 1.08 bits per heavy atom. The van der Waals surface area contributed by atoms with Crippen molar-refractivity contribution < 1.29 is 14.3 Å². The SMILES string of the molecule is CCOc1ccccc1C1CN(Cc2ccccc2)CC1C(=O)OC. The molecule has 1 heterocycles. The fraction of sp³-hybridized carbons (Fsp3) is 0.381. The topological polar surface area (TPSA) is 38.8 Å². The number of methoxy groups -OCH3 is 1. The van der Waals surface area contributed by atoms with Crippen LogP contribution in [-0.2, 0) is 16.1 Å². The minimum atomic E-state index is -0.171. The van der Waals surface area contributed by atoms with Gasteiger partial charge in [0.05, 0.1) is 19.6 Å². The first kappa shape index (κ1) is 17.5. The number of nitrogens with zero attached hydrogens (tertiary/aromatic N) is 1. The van der Waals surface area contributed by atoms with Crippen LogP contribution in [0.15, 0.2) is 54.6 Å². The quantitative estimate of drug-likeness (QED) is 0.756. The Kier molecular flexibility index (Phi) is 5.71. The van der Waals surface area contributed by atoms with Gasteiger partial charge < -0.3 is 9.47 Å². The van der Waals surface area contributed by atoms with Gasteiger partial charge in [-0.25, -0.2) is 0 Å². The van der Waals surface area contributed by atoms with E-state index in [9.17, 15) is 4.79 Å². The Bertz CT molecular complexity index is 701. The lowest BCUT2D eigenvalue weighted by Crippen LogP contribution is -2.24. The predicted molar refractivity (Wildman–Crippen MR) is 97.6 cm³/mol. The van der Waals surface area contributed by atoms with Crippen molar-refractivity contribution in [2.45, 2.75) is 19.4 Å². The molecule has 3 rings (SSSR count). The van der Waals surface area contributed by atoms with E-state index in [-0.39, 0.29) is 17.8 Å². The molecule has 2 aromatic carbocycles. The molecule has 0 saturated carbocycles. The standard InChI is InChI=1S/C21H25NO3/c1-3-25-20-12-8-7-11-17(20)18-14-22(15-19(18)21(23)24-2)13-16-9-5-4-6-10-16/h4-12,18-19H,3,13-15H2,1-2H3. The fourth-order valence-electron chi connectivity index (χ4n) is 3.64. The van der Waals surface area contributed by atoms with Crippen molar-refractivity contribution in [2.75, 3.05) is 26.8 Å². The van der Waals surface area contributed by atoms with Gasteiger partial charge in [0.25, 0.3) is 0 Å². The molecule has 0 radical (unpaired) electrons. The molecule has 2 unspecified atom stereocenters. The number of para-hydroxylation sites is 1. The van der Waals surface area contributed by atoms with Crippen LogP contribution in [-0.4, -0.2) is 37.7 Å². The summed E-state index contributed by atoms with van der Waals surface area (Å²) in [6.45, 7) is 4.94. The van der Waals surface area contributed by atoms with Gasteiger partial charge in [0, 0.05) is 25.6 Å². The first-order valence-electron chi connectivity index (χ1n) is 8.78. The Morgan fingerprint density at radius 3 is 2.52 bits per heavy atom. The molecule has 0 spiro atoms. The van der Waals surface area contributed by atoms with Crippen molar-refractivity contribution in [1.29, 1.82) is 0 Å². The average Bonchev–Trinajstić information content (AvgIpc) is 3.06. The highest BCUT2D eigenvalue weighted by atomic mass is 16.5. The zero-order valence-corrected chi connectivity index (χ0v) is 14.9. The number of benzene rings is 2. The number of hydrogen-bond donors (Lipinski definition) is 0. The van der Waals surface area contributed by atoms with E-state index in [1.807, 2.05) is 43.3 Å². The smallest absolute Gasteiger partial charge is 0.310 e. The molecule has 1 aliphatic rings. The Labute approximate surface area is 149 Å². The van der Waals surface area contributed by atoms with Gasteiger partial charge >= 0.3 is 5.97 Å². The predicted octanol–water partition coefficient (Wildman–Crippen LogP) is 3.47. The van der Waals surface area contributed by atoms with Gasteiger partial charge in [-0.3, -0.25) is 9.69 Å². The number of rotatable bonds is 6. The third kappa shape index (κ3) is 4.02. The van der Waals surface area contributed by atoms with Crippen molar-refractivity contribution in [1.82, 2.24) is 4.90 Å². The molecular weight excluding hydrogens is 314 g/mol. The second-order valence-corrected chi connectivity index (χ2v) is 6.39. The van der Waals surface area contributed by atoms with Gasteiger partial charge in [-0.1, -0.05) is 48.5 Å². The summed E-state index contributed by atoms with van der Waals surface area (Å²) < 4.78 is 10.9. The Morgan fingerprint density at radius 2 is 1.80 bits per heavy atom. The van der Waals surface area contributed by atoms with Crippen molar-refractivity contribution in [3.63, 3.8) is 0 Å². The van der Waals surface area contributed by atoms with E-state index in [0.29, 0.717) is 13.2 Å². The number of carbonyl (C=O) groups excluding carboxylic acids is 1. The lowest BCUT2D eigenvalue weighted by atomic mass is 9.88. The fourth-order valence-corrected chi connectivity index (χ4v) is 3.64. The highest BCUT2D eigenvalue weighted by Crippen LogP contribution is 2.38. The first-order valence-corrected chi connectivity index (χ1v) is 8.78. The third-order valence-electron chi connectivity index (χ3n) is 4.77. The summed E-state index contributed by atoms with van der Waals surface area (Å²) in [5, 5.41) is 0. The van der Waals surface area contributed by atoms with Crippen molar-refractivity contribution >= 4 is 5.97 Å². The number of hydrogen-bond acceptors (Lipinski definition) is 4.